The lowest BCUT2D eigenvalue weighted by Crippen LogP contribution is -2.17. The molecule has 2 N–H and O–H groups in total. The second-order valence-corrected chi connectivity index (χ2v) is 5.65. The van der Waals surface area contributed by atoms with Crippen LogP contribution in [0.3, 0.4) is 0 Å². The molecule has 19 heavy (non-hydrogen) atoms. The van der Waals surface area contributed by atoms with E-state index in [1.807, 2.05) is 20.8 Å². The Morgan fingerprint density at radius 3 is 2.68 bits per heavy atom. The minimum Gasteiger partial charge on any atom is -0.394 e. The SMILES string of the molecule is CC(C)(C)c1nc(Cl)cc(NCCCOCCO)n1. The van der Waals surface area contributed by atoms with Crippen LogP contribution in [0, 0.1) is 0 Å². The number of hydrogen-bond acceptors (Lipinski definition) is 5. The monoisotopic (exact) mass is 287 g/mol. The molecule has 1 aromatic rings. The standard InChI is InChI=1S/C13H22ClN3O2/c1-13(2,3)12-16-10(14)9-11(17-12)15-5-4-7-19-8-6-18/h9,18H,4-8H2,1-3H3,(H,15,16,17). The molecular formula is C13H22ClN3O2. The van der Waals surface area contributed by atoms with Crippen LogP contribution in [0.2, 0.25) is 5.15 Å². The largest absolute Gasteiger partial charge is 0.394 e. The lowest BCUT2D eigenvalue weighted by atomic mass is 9.96. The van der Waals surface area contributed by atoms with Gasteiger partial charge in [-0.3, -0.25) is 0 Å². The van der Waals surface area contributed by atoms with Crippen molar-refractivity contribution in [2.75, 3.05) is 31.7 Å². The van der Waals surface area contributed by atoms with E-state index in [4.69, 9.17) is 21.4 Å². The van der Waals surface area contributed by atoms with Gasteiger partial charge in [-0.05, 0) is 6.42 Å². The first-order valence-electron chi connectivity index (χ1n) is 6.41. The van der Waals surface area contributed by atoms with Crippen molar-refractivity contribution in [3.8, 4) is 0 Å². The van der Waals surface area contributed by atoms with E-state index in [9.17, 15) is 0 Å². The fourth-order valence-electron chi connectivity index (χ4n) is 1.40. The topological polar surface area (TPSA) is 67.3 Å². The van der Waals surface area contributed by atoms with Crippen molar-refractivity contribution in [2.45, 2.75) is 32.6 Å². The lowest BCUT2D eigenvalue weighted by Gasteiger charge is -2.17. The summed E-state index contributed by atoms with van der Waals surface area (Å²) < 4.78 is 5.17. The molecule has 0 unspecified atom stereocenters. The predicted octanol–water partition coefficient (Wildman–Crippen LogP) is 2.24. The number of anilines is 1. The maximum atomic E-state index is 8.57. The van der Waals surface area contributed by atoms with Crippen molar-refractivity contribution in [1.29, 1.82) is 0 Å². The maximum absolute atomic E-state index is 8.57. The molecule has 1 heterocycles. The summed E-state index contributed by atoms with van der Waals surface area (Å²) in [6, 6.07) is 1.71. The first kappa shape index (κ1) is 16.1. The zero-order valence-electron chi connectivity index (χ0n) is 11.7. The second-order valence-electron chi connectivity index (χ2n) is 5.27. The van der Waals surface area contributed by atoms with Gasteiger partial charge in [0.1, 0.15) is 16.8 Å². The van der Waals surface area contributed by atoms with E-state index >= 15 is 0 Å². The first-order chi connectivity index (χ1) is 8.93. The maximum Gasteiger partial charge on any atom is 0.137 e. The highest BCUT2D eigenvalue weighted by molar-refractivity contribution is 6.29. The first-order valence-corrected chi connectivity index (χ1v) is 6.79. The minimum atomic E-state index is -0.133. The van der Waals surface area contributed by atoms with E-state index in [2.05, 4.69) is 15.3 Å². The number of hydrogen-bond donors (Lipinski definition) is 2. The predicted molar refractivity (Wildman–Crippen MR) is 76.8 cm³/mol. The summed E-state index contributed by atoms with van der Waals surface area (Å²) in [7, 11) is 0. The molecule has 0 spiro atoms. The summed E-state index contributed by atoms with van der Waals surface area (Å²) >= 11 is 5.99. The molecule has 0 fully saturated rings. The Morgan fingerprint density at radius 1 is 1.32 bits per heavy atom. The number of aliphatic hydroxyl groups excluding tert-OH is 1. The van der Waals surface area contributed by atoms with Crippen LogP contribution in [0.25, 0.3) is 0 Å². The van der Waals surface area contributed by atoms with Crippen molar-refractivity contribution < 1.29 is 9.84 Å². The number of halogens is 1. The molecule has 0 aliphatic rings. The molecule has 0 aromatic carbocycles. The van der Waals surface area contributed by atoms with Gasteiger partial charge in [0.2, 0.25) is 0 Å². The highest BCUT2D eigenvalue weighted by Crippen LogP contribution is 2.22. The Bertz CT molecular complexity index is 394. The molecule has 5 nitrogen and oxygen atoms in total. The van der Waals surface area contributed by atoms with Gasteiger partial charge in [-0.2, -0.15) is 0 Å². The van der Waals surface area contributed by atoms with E-state index < -0.39 is 0 Å². The second kappa shape index (κ2) is 7.62. The molecular weight excluding hydrogens is 266 g/mol. The fourth-order valence-corrected chi connectivity index (χ4v) is 1.58. The van der Waals surface area contributed by atoms with E-state index in [1.165, 1.54) is 0 Å². The van der Waals surface area contributed by atoms with Gasteiger partial charge in [0.25, 0.3) is 0 Å². The van der Waals surface area contributed by atoms with Crippen molar-refractivity contribution in [3.05, 3.63) is 17.0 Å². The molecule has 1 rings (SSSR count). The van der Waals surface area contributed by atoms with Gasteiger partial charge >= 0.3 is 0 Å². The molecule has 0 aliphatic heterocycles. The Kier molecular flexibility index (Phi) is 6.48. The van der Waals surface area contributed by atoms with Gasteiger partial charge in [0.05, 0.1) is 13.2 Å². The van der Waals surface area contributed by atoms with Crippen molar-refractivity contribution in [2.24, 2.45) is 0 Å². The van der Waals surface area contributed by atoms with Crippen LogP contribution < -0.4 is 5.32 Å². The Balaban J connectivity index is 2.48. The average Bonchev–Trinajstić information content (AvgIpc) is 2.32. The Labute approximate surface area is 119 Å². The van der Waals surface area contributed by atoms with Gasteiger partial charge < -0.3 is 15.2 Å². The van der Waals surface area contributed by atoms with Gasteiger partial charge in [0.15, 0.2) is 0 Å². The van der Waals surface area contributed by atoms with Crippen molar-refractivity contribution in [3.63, 3.8) is 0 Å². The molecule has 1 aromatic heterocycles. The van der Waals surface area contributed by atoms with Gasteiger partial charge in [-0.1, -0.05) is 32.4 Å². The summed E-state index contributed by atoms with van der Waals surface area (Å²) in [5.74, 6) is 1.45. The van der Waals surface area contributed by atoms with Crippen LogP contribution in [0.15, 0.2) is 6.07 Å². The molecule has 108 valence electrons. The van der Waals surface area contributed by atoms with Crippen LogP contribution >= 0.6 is 11.6 Å². The number of nitrogens with zero attached hydrogens (tertiary/aromatic N) is 2. The van der Waals surface area contributed by atoms with Gasteiger partial charge in [-0.15, -0.1) is 0 Å². The van der Waals surface area contributed by atoms with E-state index in [0.29, 0.717) is 18.4 Å². The average molecular weight is 288 g/mol. The summed E-state index contributed by atoms with van der Waals surface area (Å²) in [5, 5.41) is 12.2. The van der Waals surface area contributed by atoms with Gasteiger partial charge in [-0.25, -0.2) is 9.97 Å². The fraction of sp³-hybridized carbons (Fsp3) is 0.692. The number of ether oxygens (including phenoxy) is 1. The molecule has 0 aliphatic carbocycles. The van der Waals surface area contributed by atoms with E-state index in [0.717, 1.165) is 24.6 Å². The van der Waals surface area contributed by atoms with E-state index in [1.54, 1.807) is 6.07 Å². The highest BCUT2D eigenvalue weighted by atomic mass is 35.5. The van der Waals surface area contributed by atoms with Crippen LogP contribution in [-0.2, 0) is 10.2 Å². The van der Waals surface area contributed by atoms with E-state index in [-0.39, 0.29) is 12.0 Å². The summed E-state index contributed by atoms with van der Waals surface area (Å²) in [5.41, 5.74) is -0.133. The number of aliphatic hydroxyl groups is 1. The number of aromatic nitrogens is 2. The smallest absolute Gasteiger partial charge is 0.137 e. The Morgan fingerprint density at radius 2 is 2.05 bits per heavy atom. The van der Waals surface area contributed by atoms with Crippen LogP contribution in [0.5, 0.6) is 0 Å². The summed E-state index contributed by atoms with van der Waals surface area (Å²) in [4.78, 5) is 8.69. The van der Waals surface area contributed by atoms with Crippen LogP contribution in [0.4, 0.5) is 5.82 Å². The molecule has 6 heteroatoms. The minimum absolute atomic E-state index is 0.0594. The molecule has 0 saturated carbocycles. The number of rotatable bonds is 7. The molecule has 0 radical (unpaired) electrons. The zero-order valence-corrected chi connectivity index (χ0v) is 12.5. The number of nitrogens with one attached hydrogen (secondary N) is 1. The highest BCUT2D eigenvalue weighted by Gasteiger charge is 2.18. The summed E-state index contributed by atoms with van der Waals surface area (Å²) in [6.07, 6.45) is 0.840. The van der Waals surface area contributed by atoms with Crippen LogP contribution in [0.1, 0.15) is 33.0 Å². The normalized spacial score (nSPS) is 11.6. The summed E-state index contributed by atoms with van der Waals surface area (Å²) in [6.45, 7) is 7.93. The third-order valence-corrected chi connectivity index (χ3v) is 2.57. The quantitative estimate of drug-likeness (QED) is 0.595. The third-order valence-electron chi connectivity index (χ3n) is 2.37. The van der Waals surface area contributed by atoms with Crippen LogP contribution in [-0.4, -0.2) is 41.4 Å². The zero-order chi connectivity index (χ0) is 14.3. The molecule has 0 atom stereocenters. The molecule has 0 bridgehead atoms. The van der Waals surface area contributed by atoms with Crippen molar-refractivity contribution in [1.82, 2.24) is 9.97 Å². The lowest BCUT2D eigenvalue weighted by molar-refractivity contribution is 0.0922. The Hall–Kier alpha value is -0.910. The molecule has 0 saturated heterocycles. The third kappa shape index (κ3) is 6.18. The van der Waals surface area contributed by atoms with Crippen molar-refractivity contribution >= 4 is 17.4 Å². The van der Waals surface area contributed by atoms with Gasteiger partial charge in [0, 0.05) is 24.6 Å². The molecule has 0 amide bonds.